The summed E-state index contributed by atoms with van der Waals surface area (Å²) in [5.74, 6) is 1.40. The van der Waals surface area contributed by atoms with Crippen molar-refractivity contribution in [3.05, 3.63) is 54.1 Å². The Labute approximate surface area is 136 Å². The van der Waals surface area contributed by atoms with Gasteiger partial charge in [-0.3, -0.25) is 4.79 Å². The summed E-state index contributed by atoms with van der Waals surface area (Å²) in [5.41, 5.74) is 1.84. The van der Waals surface area contributed by atoms with Gasteiger partial charge in [-0.1, -0.05) is 24.3 Å². The van der Waals surface area contributed by atoms with Crippen LogP contribution in [0.2, 0.25) is 0 Å². The lowest BCUT2D eigenvalue weighted by atomic mass is 10.1. The van der Waals surface area contributed by atoms with Gasteiger partial charge in [0, 0.05) is 0 Å². The summed E-state index contributed by atoms with van der Waals surface area (Å²) in [6.45, 7) is 0.967. The molecule has 0 saturated heterocycles. The van der Waals surface area contributed by atoms with Crippen LogP contribution in [0.25, 0.3) is 0 Å². The molecule has 2 rings (SSSR count). The van der Waals surface area contributed by atoms with Crippen molar-refractivity contribution >= 4 is 11.6 Å². The SMILES string of the molecule is COc1cccc(CCNCC(=O)Nc2ccccc2OC)c1. The molecule has 0 aliphatic rings. The Balaban J connectivity index is 1.74. The first-order valence-electron chi connectivity index (χ1n) is 7.49. The van der Waals surface area contributed by atoms with Gasteiger partial charge in [-0.15, -0.1) is 0 Å². The van der Waals surface area contributed by atoms with Gasteiger partial charge in [-0.25, -0.2) is 0 Å². The standard InChI is InChI=1S/C18H22N2O3/c1-22-15-7-5-6-14(12-15)10-11-19-13-18(21)20-16-8-3-4-9-17(16)23-2/h3-9,12,19H,10-11,13H2,1-2H3,(H,20,21). The van der Waals surface area contributed by atoms with Crippen LogP contribution in [0.15, 0.2) is 48.5 Å². The van der Waals surface area contributed by atoms with E-state index in [1.54, 1.807) is 14.2 Å². The van der Waals surface area contributed by atoms with Crippen LogP contribution < -0.4 is 20.1 Å². The fourth-order valence-corrected chi connectivity index (χ4v) is 2.20. The third-order valence-corrected chi connectivity index (χ3v) is 3.39. The van der Waals surface area contributed by atoms with Gasteiger partial charge in [0.2, 0.25) is 5.91 Å². The third-order valence-electron chi connectivity index (χ3n) is 3.39. The lowest BCUT2D eigenvalue weighted by Crippen LogP contribution is -2.29. The molecule has 0 aromatic heterocycles. The second kappa shape index (κ2) is 8.80. The van der Waals surface area contributed by atoms with E-state index in [0.29, 0.717) is 18.0 Å². The minimum atomic E-state index is -0.0971. The normalized spacial score (nSPS) is 10.2. The lowest BCUT2D eigenvalue weighted by Gasteiger charge is -2.10. The Morgan fingerprint density at radius 2 is 1.87 bits per heavy atom. The number of ether oxygens (including phenoxy) is 2. The van der Waals surface area contributed by atoms with Gasteiger partial charge in [-0.05, 0) is 42.8 Å². The lowest BCUT2D eigenvalue weighted by molar-refractivity contribution is -0.115. The summed E-state index contributed by atoms with van der Waals surface area (Å²) in [4.78, 5) is 11.9. The van der Waals surface area contributed by atoms with Gasteiger partial charge < -0.3 is 20.1 Å². The zero-order chi connectivity index (χ0) is 16.5. The average molecular weight is 314 g/mol. The molecule has 2 N–H and O–H groups in total. The maximum absolute atomic E-state index is 11.9. The van der Waals surface area contributed by atoms with Crippen LogP contribution in [0.1, 0.15) is 5.56 Å². The zero-order valence-corrected chi connectivity index (χ0v) is 13.5. The Bertz CT molecular complexity index is 644. The van der Waals surface area contributed by atoms with Crippen LogP contribution >= 0.6 is 0 Å². The predicted molar refractivity (Wildman–Crippen MR) is 91.2 cm³/mol. The van der Waals surface area contributed by atoms with E-state index in [0.717, 1.165) is 12.2 Å². The van der Waals surface area contributed by atoms with Crippen molar-refractivity contribution in [2.24, 2.45) is 0 Å². The van der Waals surface area contributed by atoms with Crippen molar-refractivity contribution in [3.63, 3.8) is 0 Å². The smallest absolute Gasteiger partial charge is 0.238 e. The number of para-hydroxylation sites is 2. The molecule has 0 atom stereocenters. The molecule has 2 aromatic carbocycles. The second-order valence-corrected chi connectivity index (χ2v) is 5.03. The fraction of sp³-hybridized carbons (Fsp3) is 0.278. The summed E-state index contributed by atoms with van der Waals surface area (Å²) in [6, 6.07) is 15.3. The van der Waals surface area contributed by atoms with Crippen LogP contribution in [-0.4, -0.2) is 33.2 Å². The molecule has 0 heterocycles. The van der Waals surface area contributed by atoms with E-state index in [1.165, 1.54) is 5.56 Å². The van der Waals surface area contributed by atoms with Crippen LogP contribution in [-0.2, 0) is 11.2 Å². The highest BCUT2D eigenvalue weighted by molar-refractivity contribution is 5.93. The van der Waals surface area contributed by atoms with Crippen LogP contribution in [0.3, 0.4) is 0 Å². The molecule has 0 fully saturated rings. The van der Waals surface area contributed by atoms with Crippen molar-refractivity contribution in [2.45, 2.75) is 6.42 Å². The number of carbonyl (C=O) groups excluding carboxylic acids is 1. The topological polar surface area (TPSA) is 59.6 Å². The van der Waals surface area contributed by atoms with Gasteiger partial charge in [0.25, 0.3) is 0 Å². The third kappa shape index (κ3) is 5.30. The Morgan fingerprint density at radius 3 is 2.65 bits per heavy atom. The Morgan fingerprint density at radius 1 is 1.04 bits per heavy atom. The molecule has 0 radical (unpaired) electrons. The van der Waals surface area contributed by atoms with Crippen molar-refractivity contribution in [3.8, 4) is 11.5 Å². The summed E-state index contributed by atoms with van der Waals surface area (Å²) in [5, 5.41) is 5.97. The second-order valence-electron chi connectivity index (χ2n) is 5.03. The monoisotopic (exact) mass is 314 g/mol. The molecule has 122 valence electrons. The van der Waals surface area contributed by atoms with Gasteiger partial charge in [0.1, 0.15) is 11.5 Å². The molecule has 0 unspecified atom stereocenters. The number of carbonyl (C=O) groups is 1. The number of hydrogen-bond acceptors (Lipinski definition) is 4. The summed E-state index contributed by atoms with van der Waals surface area (Å²) in [6.07, 6.45) is 0.832. The Kier molecular flexibility index (Phi) is 6.44. The molecule has 5 heteroatoms. The van der Waals surface area contributed by atoms with Crippen LogP contribution in [0.5, 0.6) is 11.5 Å². The van der Waals surface area contributed by atoms with Gasteiger partial charge in [-0.2, -0.15) is 0 Å². The summed E-state index contributed by atoms with van der Waals surface area (Å²) < 4.78 is 10.4. The summed E-state index contributed by atoms with van der Waals surface area (Å²) in [7, 11) is 3.23. The number of amides is 1. The number of hydrogen-bond donors (Lipinski definition) is 2. The van der Waals surface area contributed by atoms with Crippen LogP contribution in [0, 0.1) is 0 Å². The van der Waals surface area contributed by atoms with Crippen molar-refractivity contribution in [2.75, 3.05) is 32.6 Å². The van der Waals surface area contributed by atoms with Gasteiger partial charge >= 0.3 is 0 Å². The van der Waals surface area contributed by atoms with Crippen molar-refractivity contribution in [1.29, 1.82) is 0 Å². The van der Waals surface area contributed by atoms with E-state index in [9.17, 15) is 4.79 Å². The number of anilines is 1. The van der Waals surface area contributed by atoms with E-state index in [1.807, 2.05) is 48.5 Å². The zero-order valence-electron chi connectivity index (χ0n) is 13.5. The molecular formula is C18H22N2O3. The molecule has 0 spiro atoms. The molecule has 23 heavy (non-hydrogen) atoms. The van der Waals surface area contributed by atoms with E-state index in [4.69, 9.17) is 9.47 Å². The Hall–Kier alpha value is -2.53. The molecule has 0 bridgehead atoms. The molecule has 0 aliphatic heterocycles. The maximum atomic E-state index is 11.9. The minimum absolute atomic E-state index is 0.0971. The van der Waals surface area contributed by atoms with Crippen LogP contribution in [0.4, 0.5) is 5.69 Å². The van der Waals surface area contributed by atoms with E-state index < -0.39 is 0 Å². The molecule has 0 aliphatic carbocycles. The van der Waals surface area contributed by atoms with E-state index >= 15 is 0 Å². The average Bonchev–Trinajstić information content (AvgIpc) is 2.59. The highest BCUT2D eigenvalue weighted by Gasteiger charge is 2.06. The summed E-state index contributed by atoms with van der Waals surface area (Å²) >= 11 is 0. The largest absolute Gasteiger partial charge is 0.497 e. The number of benzene rings is 2. The molecule has 5 nitrogen and oxygen atoms in total. The quantitative estimate of drug-likeness (QED) is 0.735. The fourth-order valence-electron chi connectivity index (χ4n) is 2.20. The number of methoxy groups -OCH3 is 2. The van der Waals surface area contributed by atoms with Crippen molar-refractivity contribution in [1.82, 2.24) is 5.32 Å². The minimum Gasteiger partial charge on any atom is -0.497 e. The maximum Gasteiger partial charge on any atom is 0.238 e. The van der Waals surface area contributed by atoms with Gasteiger partial charge in [0.05, 0.1) is 26.5 Å². The number of rotatable bonds is 8. The van der Waals surface area contributed by atoms with E-state index in [-0.39, 0.29) is 12.5 Å². The first-order valence-corrected chi connectivity index (χ1v) is 7.49. The first kappa shape index (κ1) is 16.8. The van der Waals surface area contributed by atoms with E-state index in [2.05, 4.69) is 10.6 Å². The molecule has 1 amide bonds. The first-order chi connectivity index (χ1) is 11.2. The highest BCUT2D eigenvalue weighted by atomic mass is 16.5. The van der Waals surface area contributed by atoms with Gasteiger partial charge in [0.15, 0.2) is 0 Å². The molecule has 0 saturated carbocycles. The molecule has 2 aromatic rings. The highest BCUT2D eigenvalue weighted by Crippen LogP contribution is 2.22. The molecular weight excluding hydrogens is 292 g/mol. The van der Waals surface area contributed by atoms with Crippen molar-refractivity contribution < 1.29 is 14.3 Å². The number of nitrogens with one attached hydrogen (secondary N) is 2. The predicted octanol–water partition coefficient (Wildman–Crippen LogP) is 2.47.